The fourth-order valence-corrected chi connectivity index (χ4v) is 3.38. The van der Waals surface area contributed by atoms with E-state index in [1.807, 2.05) is 0 Å². The van der Waals surface area contributed by atoms with Crippen LogP contribution in [0.15, 0.2) is 56.9 Å². The van der Waals surface area contributed by atoms with Crippen molar-refractivity contribution in [2.45, 2.75) is 21.8 Å². The molecule has 2 rings (SSSR count). The summed E-state index contributed by atoms with van der Waals surface area (Å²) >= 11 is -0.291. The first kappa shape index (κ1) is 16.9. The maximum Gasteiger partial charge on any atom is 0.446 e. The van der Waals surface area contributed by atoms with Crippen molar-refractivity contribution in [1.82, 2.24) is 4.31 Å². The van der Waals surface area contributed by atoms with Gasteiger partial charge in [-0.2, -0.15) is 17.5 Å². The smallest absolute Gasteiger partial charge is 0.446 e. The number of rotatable bonds is 5. The lowest BCUT2D eigenvalue weighted by Crippen LogP contribution is -2.26. The second-order valence-electron chi connectivity index (χ2n) is 4.36. The maximum atomic E-state index is 12.3. The van der Waals surface area contributed by atoms with Crippen LogP contribution in [-0.2, 0) is 16.6 Å². The summed E-state index contributed by atoms with van der Waals surface area (Å²) < 4.78 is 67.5. The van der Waals surface area contributed by atoms with Crippen LogP contribution in [0.25, 0.3) is 0 Å². The van der Waals surface area contributed by atoms with E-state index >= 15 is 0 Å². The first-order chi connectivity index (χ1) is 10.2. The summed E-state index contributed by atoms with van der Waals surface area (Å²) in [6, 6.07) is 7.84. The van der Waals surface area contributed by atoms with Crippen LogP contribution in [0.3, 0.4) is 0 Å². The van der Waals surface area contributed by atoms with Gasteiger partial charge in [0.2, 0.25) is 10.0 Å². The zero-order valence-corrected chi connectivity index (χ0v) is 13.0. The summed E-state index contributed by atoms with van der Waals surface area (Å²) in [5, 5.41) is 0. The number of furan rings is 1. The quantitative estimate of drug-likeness (QED) is 0.771. The number of alkyl halides is 3. The van der Waals surface area contributed by atoms with Gasteiger partial charge in [-0.15, -0.1) is 0 Å². The molecule has 120 valence electrons. The van der Waals surface area contributed by atoms with Gasteiger partial charge in [0, 0.05) is 11.9 Å². The Labute approximate surface area is 130 Å². The van der Waals surface area contributed by atoms with Crippen molar-refractivity contribution in [3.05, 3.63) is 48.4 Å². The summed E-state index contributed by atoms with van der Waals surface area (Å²) in [6.07, 6.45) is 1.43. The van der Waals surface area contributed by atoms with E-state index in [4.69, 9.17) is 4.42 Å². The number of thioether (sulfide) groups is 1. The Morgan fingerprint density at radius 3 is 2.32 bits per heavy atom. The monoisotopic (exact) mass is 351 g/mol. The molecule has 0 spiro atoms. The summed E-state index contributed by atoms with van der Waals surface area (Å²) in [4.78, 5) is -0.145. The highest BCUT2D eigenvalue weighted by molar-refractivity contribution is 8.00. The van der Waals surface area contributed by atoms with Gasteiger partial charge >= 0.3 is 5.51 Å². The van der Waals surface area contributed by atoms with Crippen LogP contribution in [0.4, 0.5) is 13.2 Å². The highest BCUT2D eigenvalue weighted by Gasteiger charge is 2.29. The third-order valence-corrected chi connectivity index (χ3v) is 5.28. The Kier molecular flexibility index (Phi) is 4.88. The standard InChI is InChI=1S/C13H12F3NO3S2/c1-17(9-10-3-2-8-20-10)22(18,19)12-6-4-11(5-7-12)21-13(14,15)16/h2-8H,9H2,1H3. The number of sulfonamides is 1. The Morgan fingerprint density at radius 1 is 1.18 bits per heavy atom. The van der Waals surface area contributed by atoms with Crippen molar-refractivity contribution < 1.29 is 26.0 Å². The van der Waals surface area contributed by atoms with Crippen LogP contribution in [0.2, 0.25) is 0 Å². The largest absolute Gasteiger partial charge is 0.468 e. The van der Waals surface area contributed by atoms with Gasteiger partial charge < -0.3 is 4.42 Å². The minimum Gasteiger partial charge on any atom is -0.468 e. The van der Waals surface area contributed by atoms with Crippen LogP contribution in [-0.4, -0.2) is 25.3 Å². The number of hydrogen-bond donors (Lipinski definition) is 0. The molecule has 4 nitrogen and oxygen atoms in total. The molecule has 0 N–H and O–H groups in total. The molecule has 0 atom stereocenters. The lowest BCUT2D eigenvalue weighted by molar-refractivity contribution is -0.0328. The highest BCUT2D eigenvalue weighted by atomic mass is 32.2. The van der Waals surface area contributed by atoms with Crippen molar-refractivity contribution in [3.63, 3.8) is 0 Å². The van der Waals surface area contributed by atoms with Gasteiger partial charge in [0.1, 0.15) is 5.76 Å². The van der Waals surface area contributed by atoms with E-state index in [2.05, 4.69) is 0 Å². The zero-order chi connectivity index (χ0) is 16.4. The van der Waals surface area contributed by atoms with Crippen LogP contribution in [0, 0.1) is 0 Å². The topological polar surface area (TPSA) is 50.5 Å². The minimum atomic E-state index is -4.41. The number of nitrogens with zero attached hydrogens (tertiary/aromatic N) is 1. The van der Waals surface area contributed by atoms with Crippen LogP contribution in [0.5, 0.6) is 0 Å². The summed E-state index contributed by atoms with van der Waals surface area (Å²) in [7, 11) is -2.42. The molecule has 0 radical (unpaired) electrons. The molecule has 1 heterocycles. The van der Waals surface area contributed by atoms with E-state index in [-0.39, 0.29) is 28.1 Å². The van der Waals surface area contributed by atoms with Gasteiger partial charge in [0.15, 0.2) is 0 Å². The third-order valence-electron chi connectivity index (χ3n) is 2.72. The Bertz CT molecular complexity index is 710. The fraction of sp³-hybridized carbons (Fsp3) is 0.231. The Balaban J connectivity index is 2.15. The average Bonchev–Trinajstić information content (AvgIpc) is 2.90. The molecule has 0 aliphatic heterocycles. The van der Waals surface area contributed by atoms with Crippen LogP contribution in [0.1, 0.15) is 5.76 Å². The first-order valence-corrected chi connectivity index (χ1v) is 8.29. The van der Waals surface area contributed by atoms with Crippen LogP contribution < -0.4 is 0 Å². The van der Waals surface area contributed by atoms with E-state index < -0.39 is 15.5 Å². The summed E-state index contributed by atoms with van der Waals surface area (Å²) in [5.74, 6) is 0.468. The molecule has 1 aromatic heterocycles. The molecule has 0 saturated heterocycles. The zero-order valence-electron chi connectivity index (χ0n) is 11.4. The molecule has 0 aliphatic carbocycles. The predicted octanol–water partition coefficient (Wildman–Crippen LogP) is 3.71. The molecule has 0 saturated carbocycles. The predicted molar refractivity (Wildman–Crippen MR) is 75.7 cm³/mol. The lowest BCUT2D eigenvalue weighted by Gasteiger charge is -2.16. The van der Waals surface area contributed by atoms with Crippen molar-refractivity contribution >= 4 is 21.8 Å². The van der Waals surface area contributed by atoms with Crippen molar-refractivity contribution in [3.8, 4) is 0 Å². The molecular weight excluding hydrogens is 339 g/mol. The average molecular weight is 351 g/mol. The van der Waals surface area contributed by atoms with Gasteiger partial charge in [-0.3, -0.25) is 0 Å². The van der Waals surface area contributed by atoms with E-state index in [0.717, 1.165) is 28.6 Å². The van der Waals surface area contributed by atoms with E-state index in [1.165, 1.54) is 13.3 Å². The third kappa shape index (κ3) is 4.28. The molecule has 9 heteroatoms. The fourth-order valence-electron chi connectivity index (χ4n) is 1.70. The van der Waals surface area contributed by atoms with E-state index in [9.17, 15) is 21.6 Å². The van der Waals surface area contributed by atoms with Gasteiger partial charge in [0.05, 0.1) is 17.7 Å². The molecule has 0 amide bonds. The molecule has 1 aromatic carbocycles. The Hall–Kier alpha value is -1.45. The van der Waals surface area contributed by atoms with Gasteiger partial charge in [0.25, 0.3) is 0 Å². The first-order valence-electron chi connectivity index (χ1n) is 6.03. The second-order valence-corrected chi connectivity index (χ2v) is 7.54. The molecule has 0 bridgehead atoms. The second kappa shape index (κ2) is 6.35. The Morgan fingerprint density at radius 2 is 1.82 bits per heavy atom. The van der Waals surface area contributed by atoms with Gasteiger partial charge in [-0.25, -0.2) is 8.42 Å². The summed E-state index contributed by atoms with van der Waals surface area (Å²) in [5.41, 5.74) is -4.41. The lowest BCUT2D eigenvalue weighted by atomic mass is 10.4. The normalized spacial score (nSPS) is 12.8. The van der Waals surface area contributed by atoms with E-state index in [1.54, 1.807) is 12.1 Å². The minimum absolute atomic E-state index is 0.0361. The SMILES string of the molecule is CN(Cc1ccco1)S(=O)(=O)c1ccc(SC(F)(F)F)cc1. The molecule has 0 aliphatic rings. The molecule has 22 heavy (non-hydrogen) atoms. The molecule has 2 aromatic rings. The van der Waals surface area contributed by atoms with Gasteiger partial charge in [-0.1, -0.05) is 0 Å². The van der Waals surface area contributed by atoms with Crippen molar-refractivity contribution in [1.29, 1.82) is 0 Å². The van der Waals surface area contributed by atoms with Crippen molar-refractivity contribution in [2.75, 3.05) is 7.05 Å². The number of halogens is 3. The summed E-state index contributed by atoms with van der Waals surface area (Å²) in [6.45, 7) is 0.0361. The van der Waals surface area contributed by atoms with E-state index in [0.29, 0.717) is 5.76 Å². The number of hydrogen-bond acceptors (Lipinski definition) is 4. The van der Waals surface area contributed by atoms with Crippen LogP contribution >= 0.6 is 11.8 Å². The highest BCUT2D eigenvalue weighted by Crippen LogP contribution is 2.37. The maximum absolute atomic E-state index is 12.3. The number of benzene rings is 1. The van der Waals surface area contributed by atoms with Gasteiger partial charge in [-0.05, 0) is 48.2 Å². The van der Waals surface area contributed by atoms with Crippen molar-refractivity contribution in [2.24, 2.45) is 0 Å². The molecule has 0 fully saturated rings. The molecular formula is C13H12F3NO3S2. The molecule has 0 unspecified atom stereocenters.